The SMILES string of the molecule is CC(C)(C)C(=O)c1nc(N)c2ncn([C@@H]3O[C@H](CO)C(O)C3O)c2n1. The molecule has 2 aromatic rings. The van der Waals surface area contributed by atoms with Crippen LogP contribution in [0.4, 0.5) is 5.82 Å². The summed E-state index contributed by atoms with van der Waals surface area (Å²) in [7, 11) is 0. The van der Waals surface area contributed by atoms with Crippen molar-refractivity contribution >= 4 is 22.8 Å². The average Bonchev–Trinajstić information content (AvgIpc) is 3.08. The number of aliphatic hydroxyl groups is 3. The van der Waals surface area contributed by atoms with Gasteiger partial charge in [-0.25, -0.2) is 15.0 Å². The van der Waals surface area contributed by atoms with Gasteiger partial charge in [0.05, 0.1) is 12.9 Å². The van der Waals surface area contributed by atoms with E-state index in [1.807, 2.05) is 0 Å². The summed E-state index contributed by atoms with van der Waals surface area (Å²) >= 11 is 0. The Hall–Kier alpha value is -2.14. The Balaban J connectivity index is 2.09. The molecule has 25 heavy (non-hydrogen) atoms. The normalized spacial score (nSPS) is 27.1. The number of carbonyl (C=O) groups excluding carboxylic acids is 1. The quantitative estimate of drug-likeness (QED) is 0.522. The summed E-state index contributed by atoms with van der Waals surface area (Å²) in [5.41, 5.74) is 5.65. The van der Waals surface area contributed by atoms with Gasteiger partial charge < -0.3 is 25.8 Å². The highest BCUT2D eigenvalue weighted by Gasteiger charge is 2.44. The number of hydrogen-bond donors (Lipinski definition) is 4. The zero-order chi connectivity index (χ0) is 18.5. The van der Waals surface area contributed by atoms with E-state index in [4.69, 9.17) is 10.5 Å². The largest absolute Gasteiger partial charge is 0.394 e. The van der Waals surface area contributed by atoms with Crippen LogP contribution in [0, 0.1) is 5.41 Å². The number of fused-ring (bicyclic) bond motifs is 1. The molecule has 2 aromatic heterocycles. The van der Waals surface area contributed by atoms with Gasteiger partial charge in [-0.15, -0.1) is 0 Å². The predicted octanol–water partition coefficient (Wildman–Crippen LogP) is -0.751. The lowest BCUT2D eigenvalue weighted by Gasteiger charge is -2.18. The van der Waals surface area contributed by atoms with Crippen molar-refractivity contribution in [1.82, 2.24) is 19.5 Å². The molecule has 10 heteroatoms. The number of hydrogen-bond acceptors (Lipinski definition) is 9. The summed E-state index contributed by atoms with van der Waals surface area (Å²) < 4.78 is 6.85. The standard InChI is InChI=1S/C15H21N5O5/c1-15(2,3)10(24)12-18-11(16)7-13(19-12)20(5-17-7)14-9(23)8(22)6(4-21)25-14/h5-6,8-9,14,21-23H,4H2,1-3H3,(H2,16,18,19)/t6-,8?,9?,14-/m1/s1. The summed E-state index contributed by atoms with van der Waals surface area (Å²) in [5.74, 6) is -0.330. The van der Waals surface area contributed by atoms with Gasteiger partial charge in [0.25, 0.3) is 0 Å². The second-order valence-electron chi connectivity index (χ2n) is 7.06. The van der Waals surface area contributed by atoms with Crippen LogP contribution in [-0.4, -0.2) is 65.5 Å². The monoisotopic (exact) mass is 351 g/mol. The Kier molecular flexibility index (Phi) is 4.23. The zero-order valence-corrected chi connectivity index (χ0v) is 14.1. The molecule has 1 saturated heterocycles. The van der Waals surface area contributed by atoms with Gasteiger partial charge in [0, 0.05) is 5.41 Å². The molecule has 0 aromatic carbocycles. The van der Waals surface area contributed by atoms with Crippen molar-refractivity contribution in [3.8, 4) is 0 Å². The van der Waals surface area contributed by atoms with E-state index in [0.717, 1.165) is 0 Å². The van der Waals surface area contributed by atoms with Crippen molar-refractivity contribution in [3.05, 3.63) is 12.2 Å². The Labute approximate surface area is 143 Å². The Morgan fingerprint density at radius 1 is 1.32 bits per heavy atom. The smallest absolute Gasteiger partial charge is 0.205 e. The van der Waals surface area contributed by atoms with Gasteiger partial charge in [-0.05, 0) is 0 Å². The summed E-state index contributed by atoms with van der Waals surface area (Å²) in [6.45, 7) is 4.76. The van der Waals surface area contributed by atoms with Crippen molar-refractivity contribution in [2.24, 2.45) is 5.41 Å². The summed E-state index contributed by atoms with van der Waals surface area (Å²) in [6, 6.07) is 0. The molecule has 1 aliphatic rings. The third kappa shape index (κ3) is 2.86. The summed E-state index contributed by atoms with van der Waals surface area (Å²) in [6.07, 6.45) is -3.19. The maximum absolute atomic E-state index is 12.5. The first-order chi connectivity index (χ1) is 11.6. The number of aromatic nitrogens is 4. The molecule has 0 radical (unpaired) electrons. The van der Waals surface area contributed by atoms with Crippen molar-refractivity contribution in [3.63, 3.8) is 0 Å². The fraction of sp³-hybridized carbons (Fsp3) is 0.600. The number of ether oxygens (including phenoxy) is 1. The Morgan fingerprint density at radius 3 is 2.56 bits per heavy atom. The van der Waals surface area contributed by atoms with E-state index < -0.39 is 36.6 Å². The number of imidazole rings is 1. The van der Waals surface area contributed by atoms with E-state index in [0.29, 0.717) is 0 Å². The van der Waals surface area contributed by atoms with Crippen molar-refractivity contribution in [2.75, 3.05) is 12.3 Å². The molecule has 4 atom stereocenters. The first kappa shape index (κ1) is 17.7. The first-order valence-corrected chi connectivity index (χ1v) is 7.82. The molecule has 0 spiro atoms. The Morgan fingerprint density at radius 2 is 2.00 bits per heavy atom. The minimum atomic E-state index is -1.30. The first-order valence-electron chi connectivity index (χ1n) is 7.82. The average molecular weight is 351 g/mol. The minimum Gasteiger partial charge on any atom is -0.394 e. The van der Waals surface area contributed by atoms with Crippen molar-refractivity contribution in [1.29, 1.82) is 0 Å². The number of nitrogen functional groups attached to an aromatic ring is 1. The third-order valence-electron chi connectivity index (χ3n) is 4.12. The molecule has 5 N–H and O–H groups in total. The van der Waals surface area contributed by atoms with Crippen LogP contribution in [-0.2, 0) is 4.74 Å². The zero-order valence-electron chi connectivity index (χ0n) is 14.1. The molecule has 3 rings (SSSR count). The maximum Gasteiger partial charge on any atom is 0.205 e. The van der Waals surface area contributed by atoms with Gasteiger partial charge in [0.1, 0.15) is 23.8 Å². The van der Waals surface area contributed by atoms with Gasteiger partial charge in [-0.2, -0.15) is 0 Å². The number of Topliss-reactive ketones (excluding diaryl/α,β-unsaturated/α-hetero) is 1. The third-order valence-corrected chi connectivity index (χ3v) is 4.12. The number of carbonyl (C=O) groups is 1. The summed E-state index contributed by atoms with van der Waals surface area (Å²) in [4.78, 5) is 24.8. The molecule has 0 aliphatic carbocycles. The predicted molar refractivity (Wildman–Crippen MR) is 86.5 cm³/mol. The lowest BCUT2D eigenvalue weighted by atomic mass is 9.90. The van der Waals surface area contributed by atoms with Crippen LogP contribution in [0.25, 0.3) is 11.2 Å². The van der Waals surface area contributed by atoms with Crippen LogP contribution in [0.2, 0.25) is 0 Å². The van der Waals surface area contributed by atoms with Crippen LogP contribution < -0.4 is 5.73 Å². The fourth-order valence-corrected chi connectivity index (χ4v) is 2.67. The molecule has 1 fully saturated rings. The highest BCUT2D eigenvalue weighted by atomic mass is 16.6. The molecule has 136 valence electrons. The van der Waals surface area contributed by atoms with Crippen LogP contribution in [0.15, 0.2) is 6.33 Å². The molecule has 1 aliphatic heterocycles. The van der Waals surface area contributed by atoms with Crippen LogP contribution in [0.3, 0.4) is 0 Å². The minimum absolute atomic E-state index is 0.0306. The van der Waals surface area contributed by atoms with Gasteiger partial charge in [-0.1, -0.05) is 20.8 Å². The van der Waals surface area contributed by atoms with Gasteiger partial charge in [0.15, 0.2) is 17.7 Å². The molecule has 3 heterocycles. The highest BCUT2D eigenvalue weighted by Crippen LogP contribution is 2.32. The van der Waals surface area contributed by atoms with E-state index in [1.165, 1.54) is 10.9 Å². The number of nitrogens with zero attached hydrogens (tertiary/aromatic N) is 4. The van der Waals surface area contributed by atoms with Gasteiger partial charge in [-0.3, -0.25) is 9.36 Å². The molecule has 0 amide bonds. The van der Waals surface area contributed by atoms with Crippen LogP contribution in [0.1, 0.15) is 37.6 Å². The highest BCUT2D eigenvalue weighted by molar-refractivity contribution is 5.98. The number of anilines is 1. The number of aliphatic hydroxyl groups excluding tert-OH is 3. The van der Waals surface area contributed by atoms with Gasteiger partial charge >= 0.3 is 0 Å². The molecule has 2 unspecified atom stereocenters. The second kappa shape index (κ2) is 5.99. The molecular formula is C15H21N5O5. The maximum atomic E-state index is 12.5. The second-order valence-corrected chi connectivity index (χ2v) is 7.06. The lowest BCUT2D eigenvalue weighted by molar-refractivity contribution is -0.0511. The van der Waals surface area contributed by atoms with Crippen molar-refractivity contribution < 1.29 is 24.9 Å². The molecule has 0 bridgehead atoms. The number of nitrogens with two attached hydrogens (primary N) is 1. The van der Waals surface area contributed by atoms with Crippen molar-refractivity contribution in [2.45, 2.75) is 45.3 Å². The molecule has 10 nitrogen and oxygen atoms in total. The molecular weight excluding hydrogens is 330 g/mol. The molecule has 0 saturated carbocycles. The topological polar surface area (TPSA) is 157 Å². The number of ketones is 1. The lowest BCUT2D eigenvalue weighted by Crippen LogP contribution is -2.33. The fourth-order valence-electron chi connectivity index (χ4n) is 2.67. The Bertz CT molecular complexity index is 814. The van der Waals surface area contributed by atoms with E-state index in [9.17, 15) is 20.1 Å². The van der Waals surface area contributed by atoms with E-state index in [-0.39, 0.29) is 28.6 Å². The van der Waals surface area contributed by atoms with E-state index in [1.54, 1.807) is 20.8 Å². The number of rotatable bonds is 3. The van der Waals surface area contributed by atoms with E-state index in [2.05, 4.69) is 15.0 Å². The van der Waals surface area contributed by atoms with Gasteiger partial charge in [0.2, 0.25) is 11.6 Å². The van der Waals surface area contributed by atoms with Crippen LogP contribution in [0.5, 0.6) is 0 Å². The summed E-state index contributed by atoms with van der Waals surface area (Å²) in [5, 5.41) is 29.3. The van der Waals surface area contributed by atoms with E-state index >= 15 is 0 Å². The van der Waals surface area contributed by atoms with Crippen LogP contribution >= 0.6 is 0 Å².